The second-order valence-corrected chi connectivity index (χ2v) is 8.43. The maximum absolute atomic E-state index is 12.7. The third-order valence-electron chi connectivity index (χ3n) is 6.17. The fraction of sp³-hybridized carbons (Fsp3) is 0.478. The number of hydrogen-bond acceptors (Lipinski definition) is 3. The first-order valence-corrected chi connectivity index (χ1v) is 10.2. The van der Waals surface area contributed by atoms with Crippen LogP contribution in [0.1, 0.15) is 44.1 Å². The zero-order chi connectivity index (χ0) is 19.7. The van der Waals surface area contributed by atoms with Crippen molar-refractivity contribution in [3.05, 3.63) is 48.0 Å². The highest BCUT2D eigenvalue weighted by Gasteiger charge is 2.38. The lowest BCUT2D eigenvalue weighted by molar-refractivity contribution is -0.140. The number of carbonyl (C=O) groups is 2. The summed E-state index contributed by atoms with van der Waals surface area (Å²) in [6.07, 6.45) is 4.12. The van der Waals surface area contributed by atoms with Crippen LogP contribution in [0.3, 0.4) is 0 Å². The highest BCUT2D eigenvalue weighted by molar-refractivity contribution is 5.87. The van der Waals surface area contributed by atoms with Crippen molar-refractivity contribution in [2.45, 2.75) is 50.6 Å². The van der Waals surface area contributed by atoms with E-state index in [1.54, 1.807) is 0 Å². The van der Waals surface area contributed by atoms with E-state index in [-0.39, 0.29) is 30.5 Å². The molecule has 2 saturated carbocycles. The summed E-state index contributed by atoms with van der Waals surface area (Å²) in [6.45, 7) is 2.93. The van der Waals surface area contributed by atoms with E-state index in [0.717, 1.165) is 30.3 Å². The molecule has 2 N–H and O–H groups in total. The number of carboxylic acids is 1. The molecule has 0 aliphatic heterocycles. The Labute approximate surface area is 165 Å². The Balaban J connectivity index is 1.31. The van der Waals surface area contributed by atoms with Gasteiger partial charge in [-0.15, -0.1) is 0 Å². The molecule has 2 aromatic carbocycles. The summed E-state index contributed by atoms with van der Waals surface area (Å²) in [4.78, 5) is 25.9. The SMILES string of the molecule is CC(C(=O)NC1CC(N(CC(=O)O)CC2CC2)C1)c1ccc2ccccc2c1. The molecule has 0 spiro atoms. The molecular formula is C23H28N2O3. The molecule has 1 amide bonds. The highest BCUT2D eigenvalue weighted by atomic mass is 16.4. The monoisotopic (exact) mass is 380 g/mol. The fourth-order valence-corrected chi connectivity index (χ4v) is 4.11. The van der Waals surface area contributed by atoms with Crippen molar-refractivity contribution in [2.24, 2.45) is 5.92 Å². The van der Waals surface area contributed by atoms with Crippen LogP contribution in [0.15, 0.2) is 42.5 Å². The Morgan fingerprint density at radius 2 is 1.86 bits per heavy atom. The second-order valence-electron chi connectivity index (χ2n) is 8.43. The minimum Gasteiger partial charge on any atom is -0.480 e. The lowest BCUT2D eigenvalue weighted by Crippen LogP contribution is -2.55. The first kappa shape index (κ1) is 18.9. The molecule has 5 nitrogen and oxygen atoms in total. The molecule has 2 fully saturated rings. The molecule has 0 aromatic heterocycles. The van der Waals surface area contributed by atoms with E-state index < -0.39 is 5.97 Å². The second kappa shape index (κ2) is 7.92. The van der Waals surface area contributed by atoms with Crippen molar-refractivity contribution in [1.82, 2.24) is 10.2 Å². The van der Waals surface area contributed by atoms with Crippen LogP contribution in [0, 0.1) is 5.92 Å². The lowest BCUT2D eigenvalue weighted by Gasteiger charge is -2.43. The predicted octanol–water partition coefficient (Wildman–Crippen LogP) is 3.39. The molecule has 0 radical (unpaired) electrons. The molecule has 0 saturated heterocycles. The Hall–Kier alpha value is -2.40. The molecule has 2 aromatic rings. The van der Waals surface area contributed by atoms with Crippen molar-refractivity contribution in [2.75, 3.05) is 13.1 Å². The van der Waals surface area contributed by atoms with Crippen LogP contribution in [0.25, 0.3) is 10.8 Å². The zero-order valence-electron chi connectivity index (χ0n) is 16.3. The van der Waals surface area contributed by atoms with Gasteiger partial charge < -0.3 is 10.4 Å². The number of nitrogens with one attached hydrogen (secondary N) is 1. The summed E-state index contributed by atoms with van der Waals surface area (Å²) in [6, 6.07) is 14.8. The standard InChI is InChI=1S/C23H28N2O3/c1-15(18-9-8-17-4-2-3-5-19(17)10-18)23(28)24-20-11-21(12-20)25(14-22(26)27)13-16-6-7-16/h2-5,8-10,15-16,20-21H,6-7,11-14H2,1H3,(H,24,28)(H,26,27). The number of nitrogens with zero attached hydrogens (tertiary/aromatic N) is 1. The van der Waals surface area contributed by atoms with E-state index in [0.29, 0.717) is 5.92 Å². The summed E-state index contributed by atoms with van der Waals surface area (Å²) in [7, 11) is 0. The van der Waals surface area contributed by atoms with E-state index in [1.807, 2.05) is 25.1 Å². The molecule has 1 unspecified atom stereocenters. The van der Waals surface area contributed by atoms with Crippen LogP contribution >= 0.6 is 0 Å². The third kappa shape index (κ3) is 4.36. The van der Waals surface area contributed by atoms with Gasteiger partial charge in [0.15, 0.2) is 0 Å². The van der Waals surface area contributed by atoms with E-state index in [2.05, 4.69) is 34.5 Å². The van der Waals surface area contributed by atoms with E-state index >= 15 is 0 Å². The number of hydrogen-bond donors (Lipinski definition) is 2. The summed E-state index contributed by atoms with van der Waals surface area (Å²) in [5, 5.41) is 14.6. The van der Waals surface area contributed by atoms with Gasteiger partial charge in [-0.1, -0.05) is 42.5 Å². The van der Waals surface area contributed by atoms with Gasteiger partial charge in [-0.25, -0.2) is 0 Å². The Morgan fingerprint density at radius 1 is 1.14 bits per heavy atom. The Bertz CT molecular complexity index is 871. The first-order chi connectivity index (χ1) is 13.5. The van der Waals surface area contributed by atoms with Crippen LogP contribution in [-0.2, 0) is 9.59 Å². The van der Waals surface area contributed by atoms with Crippen LogP contribution in [0.2, 0.25) is 0 Å². The number of fused-ring (bicyclic) bond motifs is 1. The van der Waals surface area contributed by atoms with Crippen LogP contribution < -0.4 is 5.32 Å². The molecule has 28 heavy (non-hydrogen) atoms. The van der Waals surface area contributed by atoms with Crippen LogP contribution in [0.4, 0.5) is 0 Å². The minimum absolute atomic E-state index is 0.0470. The maximum atomic E-state index is 12.7. The van der Waals surface area contributed by atoms with Gasteiger partial charge >= 0.3 is 5.97 Å². The van der Waals surface area contributed by atoms with Gasteiger partial charge in [-0.05, 0) is 54.9 Å². The maximum Gasteiger partial charge on any atom is 0.317 e. The van der Waals surface area contributed by atoms with Gasteiger partial charge in [0.25, 0.3) is 0 Å². The van der Waals surface area contributed by atoms with Crippen molar-refractivity contribution < 1.29 is 14.7 Å². The average molecular weight is 380 g/mol. The molecular weight excluding hydrogens is 352 g/mol. The van der Waals surface area contributed by atoms with Gasteiger partial charge in [0.2, 0.25) is 5.91 Å². The number of carbonyl (C=O) groups excluding carboxylic acids is 1. The largest absolute Gasteiger partial charge is 0.480 e. The number of rotatable bonds is 8. The zero-order valence-corrected chi connectivity index (χ0v) is 16.3. The molecule has 4 rings (SSSR count). The number of carboxylic acid groups (broad SMARTS) is 1. The van der Waals surface area contributed by atoms with Gasteiger partial charge in [-0.2, -0.15) is 0 Å². The van der Waals surface area contributed by atoms with Gasteiger partial charge in [0.1, 0.15) is 0 Å². The number of aliphatic carboxylic acids is 1. The molecule has 148 valence electrons. The summed E-state index contributed by atoms with van der Waals surface area (Å²) in [5.41, 5.74) is 1.02. The number of benzene rings is 2. The quantitative estimate of drug-likeness (QED) is 0.737. The van der Waals surface area contributed by atoms with Gasteiger partial charge in [-0.3, -0.25) is 14.5 Å². The van der Waals surface area contributed by atoms with E-state index in [1.165, 1.54) is 18.2 Å². The average Bonchev–Trinajstić information content (AvgIpc) is 3.46. The highest BCUT2D eigenvalue weighted by Crippen LogP contribution is 2.34. The minimum atomic E-state index is -0.766. The van der Waals surface area contributed by atoms with Gasteiger partial charge in [0.05, 0.1) is 12.5 Å². The molecule has 2 aliphatic carbocycles. The summed E-state index contributed by atoms with van der Waals surface area (Å²) >= 11 is 0. The van der Waals surface area contributed by atoms with Crippen molar-refractivity contribution >= 4 is 22.6 Å². The van der Waals surface area contributed by atoms with E-state index in [4.69, 9.17) is 5.11 Å². The Kier molecular flexibility index (Phi) is 5.36. The summed E-state index contributed by atoms with van der Waals surface area (Å²) < 4.78 is 0. The molecule has 5 heteroatoms. The van der Waals surface area contributed by atoms with Gasteiger partial charge in [0, 0.05) is 18.6 Å². The summed E-state index contributed by atoms with van der Waals surface area (Å²) in [5.74, 6) is -0.255. The fourth-order valence-electron chi connectivity index (χ4n) is 4.11. The lowest BCUT2D eigenvalue weighted by atomic mass is 9.84. The smallest absolute Gasteiger partial charge is 0.317 e. The van der Waals surface area contributed by atoms with Crippen molar-refractivity contribution in [3.63, 3.8) is 0 Å². The molecule has 0 heterocycles. The van der Waals surface area contributed by atoms with E-state index in [9.17, 15) is 9.59 Å². The van der Waals surface area contributed by atoms with Crippen LogP contribution in [-0.4, -0.2) is 47.1 Å². The third-order valence-corrected chi connectivity index (χ3v) is 6.17. The topological polar surface area (TPSA) is 69.6 Å². The normalized spacial score (nSPS) is 22.6. The van der Waals surface area contributed by atoms with Crippen molar-refractivity contribution in [3.8, 4) is 0 Å². The predicted molar refractivity (Wildman–Crippen MR) is 109 cm³/mol. The van der Waals surface area contributed by atoms with Crippen molar-refractivity contribution in [1.29, 1.82) is 0 Å². The first-order valence-electron chi connectivity index (χ1n) is 10.2. The molecule has 0 bridgehead atoms. The molecule has 1 atom stereocenters. The molecule has 2 aliphatic rings. The Morgan fingerprint density at radius 3 is 2.54 bits per heavy atom. The number of amides is 1. The van der Waals surface area contributed by atoms with Crippen LogP contribution in [0.5, 0.6) is 0 Å².